The van der Waals surface area contributed by atoms with Gasteiger partial charge in [-0.2, -0.15) is 0 Å². The summed E-state index contributed by atoms with van der Waals surface area (Å²) in [4.78, 5) is 176. The van der Waals surface area contributed by atoms with Crippen LogP contribution in [0, 0.1) is 5.92 Å². The van der Waals surface area contributed by atoms with E-state index >= 15 is 0 Å². The van der Waals surface area contributed by atoms with Crippen molar-refractivity contribution in [1.82, 2.24) is 58.1 Å². The molecule has 4 bridgehead atoms. The zero-order chi connectivity index (χ0) is 107. The predicted molar refractivity (Wildman–Crippen MR) is 498 cm³/mol. The molecular formula is C88H136ClN13O40S2. The van der Waals surface area contributed by atoms with Crippen LogP contribution in [0.3, 0.4) is 0 Å². The Morgan fingerprint density at radius 3 is 1.62 bits per heavy atom. The highest BCUT2D eigenvalue weighted by atomic mass is 35.5. The van der Waals surface area contributed by atoms with Gasteiger partial charge in [-0.25, -0.2) is 9.59 Å². The topological polar surface area (TPSA) is 770 Å². The van der Waals surface area contributed by atoms with Gasteiger partial charge in [0, 0.05) is 91.1 Å². The van der Waals surface area contributed by atoms with Crippen LogP contribution >= 0.6 is 33.2 Å². The molecule has 34 atom stereocenters. The number of carbonyl (C=O) groups excluding carboxylic acids is 13. The summed E-state index contributed by atoms with van der Waals surface area (Å²) in [5.74, 6) is -10.5. The summed E-state index contributed by atoms with van der Waals surface area (Å²) in [6.07, 6.45) is -39.6. The van der Waals surface area contributed by atoms with Crippen LogP contribution in [0.15, 0.2) is 35.9 Å². The van der Waals surface area contributed by atoms with Crippen molar-refractivity contribution in [3.63, 3.8) is 0 Å². The van der Waals surface area contributed by atoms with Crippen LogP contribution in [0.5, 0.6) is 5.75 Å². The van der Waals surface area contributed by atoms with Crippen molar-refractivity contribution in [2.24, 2.45) is 11.7 Å². The molecule has 53 nitrogen and oxygen atoms in total. The summed E-state index contributed by atoms with van der Waals surface area (Å²) >= 11 is 6.89. The van der Waals surface area contributed by atoms with Crippen molar-refractivity contribution in [2.75, 3.05) is 98.2 Å². The van der Waals surface area contributed by atoms with E-state index in [0.29, 0.717) is 12.0 Å². The van der Waals surface area contributed by atoms with E-state index in [-0.39, 0.29) is 41.5 Å². The molecule has 8 aliphatic rings. The van der Waals surface area contributed by atoms with Crippen molar-refractivity contribution in [3.8, 4) is 5.75 Å². The molecule has 12 amide bonds. The number of nitrogens with zero attached hydrogens (tertiary/aromatic N) is 2. The predicted octanol–water partition coefficient (Wildman–Crippen LogP) is -9.58. The number of likely N-dealkylation sites (N-methyl/N-ethyl adjacent to an activating group) is 1. The molecular weight excluding hydrogens is 1980 g/mol. The third kappa shape index (κ3) is 30.4. The minimum absolute atomic E-state index is 0.104. The van der Waals surface area contributed by atoms with Gasteiger partial charge in [-0.3, -0.25) is 58.1 Å². The van der Waals surface area contributed by atoms with Crippen LogP contribution in [0.2, 0.25) is 5.02 Å². The molecule has 144 heavy (non-hydrogen) atoms. The fourth-order valence-electron chi connectivity index (χ4n) is 17.5. The maximum absolute atomic E-state index is 14.7. The average Bonchev–Trinajstić information content (AvgIpc) is 1.56. The number of epoxide rings is 1. The fourth-order valence-corrected chi connectivity index (χ4v) is 20.6. The Hall–Kier alpha value is -8.60. The first-order chi connectivity index (χ1) is 67.8. The zero-order valence-electron chi connectivity index (χ0n) is 81.7. The molecule has 25 N–H and O–H groups in total. The normalized spacial score (nSPS) is 35.1. The smallest absolute Gasteiger partial charge is 0.409 e. The second kappa shape index (κ2) is 53.0. The number of methoxy groups -OCH3 is 2. The number of hydrogen-bond acceptors (Lipinski definition) is 43. The molecule has 4 unspecified atom stereocenters. The summed E-state index contributed by atoms with van der Waals surface area (Å²) in [6, 6.07) is -8.27. The number of fused-ring (bicyclic) bond motifs is 5. The van der Waals surface area contributed by atoms with E-state index in [4.69, 9.17) is 83.7 Å². The van der Waals surface area contributed by atoms with Crippen LogP contribution in [0.4, 0.5) is 10.5 Å². The third-order valence-electron chi connectivity index (χ3n) is 25.7. The van der Waals surface area contributed by atoms with Gasteiger partial charge in [-0.05, 0) is 65.2 Å². The molecule has 0 saturated carbocycles. The first-order valence-electron chi connectivity index (χ1n) is 46.4. The van der Waals surface area contributed by atoms with E-state index < -0.39 is 361 Å². The molecule has 8 heterocycles. The quantitative estimate of drug-likeness (QED) is 0.0165. The van der Waals surface area contributed by atoms with Crippen molar-refractivity contribution in [2.45, 2.75) is 314 Å². The Morgan fingerprint density at radius 1 is 0.653 bits per heavy atom. The fraction of sp³-hybridized carbons (Fsp3) is 0.739. The lowest BCUT2D eigenvalue weighted by atomic mass is 9.83. The number of esters is 1. The second-order valence-corrected chi connectivity index (χ2v) is 40.4. The van der Waals surface area contributed by atoms with E-state index in [2.05, 4.69) is 53.2 Å². The molecule has 1 aromatic carbocycles. The van der Waals surface area contributed by atoms with Gasteiger partial charge < -0.3 is 196 Å². The number of aliphatic hydroxyl groups is 13. The SMILES string of the molecule is COc1cc2cc(c1Cl)N(C)C(=O)C[C@H](OC(=O)[C@H](C)N(C)C(=O)CCC(C)(C)SSC[C@H](NC(=O)CNC(=O)CNC(=O)CN)C(=O)NCCC(=O)N[C@H]1[C@H](O[C@@H]3[C@H](O)[C@@H](NC(C)=O)[C@H](OC4[C@@H](CO)O[C@@H](OC5[C@@H](CO)O[C@@H](OC6[C@@H](CO)OC(O)[C@H](NC(C)=O)[C@H]6O)[C@H](NC(C)=O)[C@H]5O)[C@H](NC(C)=O)[C@H]4O)O[C@@H]3CO)O[C@H](CO)[C@@H](O)[C@@H]1O)[C@]1(C)O[C@H]1[C@H](C)[C@@H]1C[C@@](O)(NC(=O)O1)[C@H](OC)/C=C/C=C(\C)C2. The van der Waals surface area contributed by atoms with E-state index in [1.807, 2.05) is 6.92 Å². The molecule has 0 spiro atoms. The lowest BCUT2D eigenvalue weighted by Crippen LogP contribution is -2.72. The molecule has 9 rings (SSSR count). The second-order valence-electron chi connectivity index (χ2n) is 36.9. The first-order valence-corrected chi connectivity index (χ1v) is 49.1. The molecule has 0 radical (unpaired) electrons. The molecule has 7 saturated heterocycles. The molecule has 7 fully saturated rings. The maximum Gasteiger partial charge on any atom is 0.409 e. The molecule has 0 aromatic heterocycles. The number of allylic oxidation sites excluding steroid dienone is 3. The number of halogens is 1. The van der Waals surface area contributed by atoms with Crippen molar-refractivity contribution in [3.05, 3.63) is 46.5 Å². The lowest BCUT2D eigenvalue weighted by molar-refractivity contribution is -0.367. The van der Waals surface area contributed by atoms with Crippen molar-refractivity contribution < 1.29 is 195 Å². The van der Waals surface area contributed by atoms with Crippen molar-refractivity contribution in [1.29, 1.82) is 0 Å². The number of aliphatic hydroxyl groups excluding tert-OH is 12. The minimum atomic E-state index is -2.16. The highest BCUT2D eigenvalue weighted by Gasteiger charge is 2.66. The Bertz CT molecular complexity index is 4680. The third-order valence-corrected chi connectivity index (χ3v) is 29.4. The Labute approximate surface area is 840 Å². The van der Waals surface area contributed by atoms with E-state index in [0.717, 1.165) is 49.0 Å². The standard InChI is InChI=1S/C88H136ClN13O40S2/c1-36-16-15-17-53(130-14)88(128)26-47(136-85(127)100-88)37(2)77-87(10,142-77)54(25-60(117)102(12)45-23-43(22-36)24-46(129-13)61(45)89)137-79(125)38(3)101(11)59(116)18-20-86(8,9)144-143-35-44(98-58(115)29-93-57(114)28-92-56(113)27-90)78(124)91-21-19-55(112)99-63-68(119)67(118)48(30-103)132-81(63)139-74-50(32-105)134-83(65(70(74)121)96-41(6)110)141-76-52(34-107)135-84(66(72(76)123)97-42(7)111)140-75-51(33-106)133-82(64(71(75)122)95-40(5)109)138-73-49(31-104)131-80(126)62(69(73)120)94-39(4)108/h15-17,23-24,37-38,44,47-54,62-77,80-84,103-107,118-123,126,128H,18-22,25-35,90H2,1-14H3,(H,91,124)(H,92,113)(H,93,114)(H,94,108)(H,95,109)(H,96,110)(H,97,111)(H,98,115)(H,99,112)(H,100,127)/b17-15+,36-16+/t37-,38+,44+,47+,48-,49-,50-,51-,52-,53-,54+,62-,63-,64-,65-,66-,67-,68-,69-,70-,71-,72-,73?,74+,75?,76?,77+,80?,81+,82+,83+,84+,87+,88+/m1/s1. The Kier molecular flexibility index (Phi) is 43.8. The van der Waals surface area contributed by atoms with E-state index in [1.54, 1.807) is 58.1 Å². The Balaban J connectivity index is 0.844. The maximum atomic E-state index is 14.7. The molecule has 1 aromatic rings. The number of alkyl carbamates (subject to hydrolysis) is 1. The average molecular weight is 2120 g/mol. The number of benzene rings is 1. The van der Waals surface area contributed by atoms with Crippen LogP contribution in [-0.4, -0.2) is 447 Å². The van der Waals surface area contributed by atoms with Gasteiger partial charge in [0.2, 0.25) is 65.0 Å². The molecule has 812 valence electrons. The number of ether oxygens (including phenoxy) is 14. The van der Waals surface area contributed by atoms with Crippen LogP contribution in [-0.2, 0) is 126 Å². The van der Waals surface area contributed by atoms with Gasteiger partial charge in [-0.1, -0.05) is 63.9 Å². The molecule has 56 heteroatoms. The van der Waals surface area contributed by atoms with Gasteiger partial charge in [0.05, 0.1) is 78.0 Å². The number of carbonyl (C=O) groups is 13. The summed E-state index contributed by atoms with van der Waals surface area (Å²) < 4.78 is 82.9. The number of nitrogens with one attached hydrogen (secondary N) is 10. The van der Waals surface area contributed by atoms with Crippen molar-refractivity contribution >= 4 is 116 Å². The molecule has 8 aliphatic heterocycles. The van der Waals surface area contributed by atoms with Gasteiger partial charge in [0.1, 0.15) is 169 Å². The summed E-state index contributed by atoms with van der Waals surface area (Å²) in [7, 11) is 7.87. The Morgan fingerprint density at radius 2 is 1.13 bits per heavy atom. The summed E-state index contributed by atoms with van der Waals surface area (Å²) in [5, 5.41) is 171. The number of anilines is 1. The van der Waals surface area contributed by atoms with Crippen LogP contribution in [0.1, 0.15) is 107 Å². The lowest BCUT2D eigenvalue weighted by Gasteiger charge is -2.51. The van der Waals surface area contributed by atoms with Gasteiger partial charge in [0.25, 0.3) is 0 Å². The first kappa shape index (κ1) is 119. The number of rotatable bonds is 40. The minimum Gasteiger partial charge on any atom is -0.495 e. The highest BCUT2D eigenvalue weighted by Crippen LogP contribution is 2.50. The van der Waals surface area contributed by atoms with Gasteiger partial charge in [0.15, 0.2) is 37.2 Å². The summed E-state index contributed by atoms with van der Waals surface area (Å²) in [6.45, 7) is 6.65. The van der Waals surface area contributed by atoms with Gasteiger partial charge >= 0.3 is 12.1 Å². The monoisotopic (exact) mass is 2110 g/mol. The highest BCUT2D eigenvalue weighted by molar-refractivity contribution is 8.77. The number of amides is 12. The number of hydrogen-bond donors (Lipinski definition) is 24. The molecule has 0 aliphatic carbocycles. The zero-order valence-corrected chi connectivity index (χ0v) is 84.1. The van der Waals surface area contributed by atoms with Gasteiger partial charge in [-0.15, -0.1) is 0 Å². The van der Waals surface area contributed by atoms with Crippen LogP contribution in [0.25, 0.3) is 0 Å². The summed E-state index contributed by atoms with van der Waals surface area (Å²) in [5.41, 5.74) is 3.68. The van der Waals surface area contributed by atoms with Crippen LogP contribution < -0.4 is 68.5 Å². The van der Waals surface area contributed by atoms with E-state index in [9.17, 15) is 129 Å². The van der Waals surface area contributed by atoms with E-state index in [1.165, 1.54) is 50.9 Å². The largest absolute Gasteiger partial charge is 0.495 e. The number of nitrogens with two attached hydrogens (primary N) is 1.